The molecular formula is C25H33N3O2. The number of morpholine rings is 1. The first-order chi connectivity index (χ1) is 14.3. The Hall–Kier alpha value is -1.95. The fourth-order valence-electron chi connectivity index (χ4n) is 5.85. The third kappa shape index (κ3) is 2.98. The molecule has 3 fully saturated rings. The van der Waals surface area contributed by atoms with Crippen LogP contribution in [0.4, 0.5) is 5.69 Å². The molecule has 3 aliphatic heterocycles. The molecule has 3 aliphatic rings. The maximum atomic E-state index is 12.4. The molecule has 0 spiro atoms. The van der Waals surface area contributed by atoms with Crippen molar-refractivity contribution < 1.29 is 9.84 Å². The number of aromatic nitrogens is 1. The number of hydrogen-bond donors (Lipinski definition) is 1. The van der Waals surface area contributed by atoms with Crippen molar-refractivity contribution in [1.82, 2.24) is 9.88 Å². The number of ether oxygens (including phenoxy) is 1. The van der Waals surface area contributed by atoms with Gasteiger partial charge >= 0.3 is 0 Å². The van der Waals surface area contributed by atoms with Crippen LogP contribution in [0.3, 0.4) is 0 Å². The molecule has 30 heavy (non-hydrogen) atoms. The van der Waals surface area contributed by atoms with E-state index in [1.165, 1.54) is 5.56 Å². The second kappa shape index (κ2) is 7.04. The van der Waals surface area contributed by atoms with Gasteiger partial charge in [0.05, 0.1) is 30.6 Å². The molecule has 1 aromatic heterocycles. The largest absolute Gasteiger partial charge is 0.380 e. The van der Waals surface area contributed by atoms with Crippen LogP contribution in [-0.4, -0.2) is 60.4 Å². The highest BCUT2D eigenvalue weighted by atomic mass is 16.5. The molecule has 5 heteroatoms. The van der Waals surface area contributed by atoms with E-state index < -0.39 is 5.60 Å². The van der Waals surface area contributed by atoms with E-state index in [1.807, 2.05) is 12.4 Å². The first-order valence-electron chi connectivity index (χ1n) is 11.2. The van der Waals surface area contributed by atoms with Gasteiger partial charge < -0.3 is 19.6 Å². The second-order valence-corrected chi connectivity index (χ2v) is 10.1. The topological polar surface area (TPSA) is 48.8 Å². The van der Waals surface area contributed by atoms with Crippen molar-refractivity contribution in [2.45, 2.75) is 50.9 Å². The van der Waals surface area contributed by atoms with E-state index in [2.05, 4.69) is 72.9 Å². The normalized spacial score (nSPS) is 27.3. The Labute approximate surface area is 179 Å². The summed E-state index contributed by atoms with van der Waals surface area (Å²) in [6.45, 7) is 10.00. The first kappa shape index (κ1) is 20.0. The van der Waals surface area contributed by atoms with E-state index in [4.69, 9.17) is 4.74 Å². The number of pyridine rings is 1. The summed E-state index contributed by atoms with van der Waals surface area (Å²) in [5.41, 5.74) is 2.86. The molecule has 0 amide bonds. The van der Waals surface area contributed by atoms with E-state index in [0.717, 1.165) is 49.5 Å². The Balaban J connectivity index is 1.56. The molecular weight excluding hydrogens is 374 g/mol. The summed E-state index contributed by atoms with van der Waals surface area (Å²) in [5.74, 6) is 0.468. The van der Waals surface area contributed by atoms with Crippen LogP contribution in [-0.2, 0) is 10.3 Å². The highest BCUT2D eigenvalue weighted by Gasteiger charge is 2.55. The second-order valence-electron chi connectivity index (χ2n) is 10.1. The lowest BCUT2D eigenvalue weighted by molar-refractivity contribution is -0.127. The monoisotopic (exact) mass is 407 g/mol. The van der Waals surface area contributed by atoms with Crippen LogP contribution < -0.4 is 4.90 Å². The molecule has 3 saturated heterocycles. The molecule has 0 unspecified atom stereocenters. The third-order valence-electron chi connectivity index (χ3n) is 7.48. The average molecular weight is 408 g/mol. The van der Waals surface area contributed by atoms with E-state index in [1.54, 1.807) is 0 Å². The van der Waals surface area contributed by atoms with Crippen LogP contribution in [0.15, 0.2) is 42.7 Å². The van der Waals surface area contributed by atoms with Gasteiger partial charge in [0.15, 0.2) is 0 Å². The zero-order chi connectivity index (χ0) is 21.1. The van der Waals surface area contributed by atoms with Crippen LogP contribution in [0.5, 0.6) is 0 Å². The lowest BCUT2D eigenvalue weighted by Crippen LogP contribution is -2.63. The highest BCUT2D eigenvalue weighted by molar-refractivity contribution is 5.53. The van der Waals surface area contributed by atoms with Gasteiger partial charge in [-0.3, -0.25) is 4.98 Å². The van der Waals surface area contributed by atoms with Gasteiger partial charge in [0.2, 0.25) is 0 Å². The zero-order valence-corrected chi connectivity index (χ0v) is 18.5. The Morgan fingerprint density at radius 3 is 2.47 bits per heavy atom. The molecule has 2 bridgehead atoms. The minimum Gasteiger partial charge on any atom is -0.380 e. The van der Waals surface area contributed by atoms with Gasteiger partial charge in [0.25, 0.3) is 0 Å². The summed E-state index contributed by atoms with van der Waals surface area (Å²) in [5, 5.41) is 12.4. The van der Waals surface area contributed by atoms with E-state index in [-0.39, 0.29) is 5.41 Å². The molecule has 4 heterocycles. The molecule has 0 saturated carbocycles. The summed E-state index contributed by atoms with van der Waals surface area (Å²) in [4.78, 5) is 9.26. The predicted octanol–water partition coefficient (Wildman–Crippen LogP) is 3.37. The zero-order valence-electron chi connectivity index (χ0n) is 18.5. The fourth-order valence-corrected chi connectivity index (χ4v) is 5.85. The summed E-state index contributed by atoms with van der Waals surface area (Å²) >= 11 is 0. The quantitative estimate of drug-likeness (QED) is 0.824. The number of anilines is 1. The molecule has 2 aromatic rings. The number of nitrogens with zero attached hydrogens (tertiary/aromatic N) is 3. The van der Waals surface area contributed by atoms with E-state index in [0.29, 0.717) is 18.1 Å². The molecule has 5 rings (SSSR count). The van der Waals surface area contributed by atoms with Crippen molar-refractivity contribution >= 4 is 5.69 Å². The maximum absolute atomic E-state index is 12.4. The van der Waals surface area contributed by atoms with Crippen molar-refractivity contribution in [2.75, 3.05) is 38.2 Å². The van der Waals surface area contributed by atoms with Crippen LogP contribution in [0.2, 0.25) is 0 Å². The third-order valence-corrected chi connectivity index (χ3v) is 7.48. The maximum Gasteiger partial charge on any atom is 0.124 e. The van der Waals surface area contributed by atoms with Gasteiger partial charge in [-0.05, 0) is 36.6 Å². The number of aliphatic hydroxyl groups is 1. The number of fused-ring (bicyclic) bond motifs is 2. The summed E-state index contributed by atoms with van der Waals surface area (Å²) in [6, 6.07) is 11.1. The smallest absolute Gasteiger partial charge is 0.124 e. The van der Waals surface area contributed by atoms with Crippen molar-refractivity contribution in [2.24, 2.45) is 5.41 Å². The number of hydrogen-bond acceptors (Lipinski definition) is 5. The lowest BCUT2D eigenvalue weighted by atomic mass is 9.62. The SMILES string of the molecule is CC(C)c1ccc([C@](O)(c2cncc(N3C[C@H]4C[C@@H]3CO4)c2)C2(C)CN(C)C2)cc1. The van der Waals surface area contributed by atoms with Crippen LogP contribution in [0, 0.1) is 5.41 Å². The van der Waals surface area contributed by atoms with Crippen molar-refractivity contribution in [3.8, 4) is 0 Å². The van der Waals surface area contributed by atoms with Gasteiger partial charge in [-0.2, -0.15) is 0 Å². The van der Waals surface area contributed by atoms with Gasteiger partial charge in [0.1, 0.15) is 5.60 Å². The molecule has 5 nitrogen and oxygen atoms in total. The van der Waals surface area contributed by atoms with Crippen molar-refractivity contribution in [1.29, 1.82) is 0 Å². The van der Waals surface area contributed by atoms with Crippen LogP contribution in [0.1, 0.15) is 49.8 Å². The summed E-state index contributed by atoms with van der Waals surface area (Å²) < 4.78 is 5.78. The predicted molar refractivity (Wildman–Crippen MR) is 119 cm³/mol. The van der Waals surface area contributed by atoms with Crippen molar-refractivity contribution in [3.05, 3.63) is 59.4 Å². The average Bonchev–Trinajstić information content (AvgIpc) is 3.36. The van der Waals surface area contributed by atoms with E-state index >= 15 is 0 Å². The van der Waals surface area contributed by atoms with Gasteiger partial charge in [-0.25, -0.2) is 0 Å². The fraction of sp³-hybridized carbons (Fsp3) is 0.560. The molecule has 3 atom stereocenters. The molecule has 160 valence electrons. The van der Waals surface area contributed by atoms with Gasteiger partial charge in [0, 0.05) is 36.8 Å². The van der Waals surface area contributed by atoms with Gasteiger partial charge in [-0.15, -0.1) is 0 Å². The first-order valence-corrected chi connectivity index (χ1v) is 11.2. The molecule has 0 aliphatic carbocycles. The minimum atomic E-state index is -1.09. The van der Waals surface area contributed by atoms with Crippen LogP contribution >= 0.6 is 0 Å². The number of likely N-dealkylation sites (tertiary alicyclic amines) is 1. The molecule has 1 aromatic carbocycles. The molecule has 1 N–H and O–H groups in total. The number of rotatable bonds is 5. The molecule has 0 radical (unpaired) electrons. The lowest BCUT2D eigenvalue weighted by Gasteiger charge is -2.56. The Morgan fingerprint density at radius 1 is 1.17 bits per heavy atom. The Morgan fingerprint density at radius 2 is 1.90 bits per heavy atom. The minimum absolute atomic E-state index is 0.269. The highest BCUT2D eigenvalue weighted by Crippen LogP contribution is 2.50. The Bertz CT molecular complexity index is 922. The summed E-state index contributed by atoms with van der Waals surface area (Å²) in [6.07, 6.45) is 5.21. The standard InChI is InChI=1S/C25H33N3O2/c1-17(2)18-5-7-19(8-6-18)25(29,24(3)15-27(4)16-24)20-9-21(12-26-11-20)28-13-23-10-22(28)14-30-23/h5-9,11-12,17,22-23,29H,10,13-16H2,1-4H3/t22-,23-,25+/m1/s1. The van der Waals surface area contributed by atoms with Crippen molar-refractivity contribution in [3.63, 3.8) is 0 Å². The summed E-state index contributed by atoms with van der Waals surface area (Å²) in [7, 11) is 2.11. The Kier molecular flexibility index (Phi) is 4.69. The van der Waals surface area contributed by atoms with E-state index in [9.17, 15) is 5.11 Å². The number of benzene rings is 1. The van der Waals surface area contributed by atoms with Crippen LogP contribution in [0.25, 0.3) is 0 Å². The van der Waals surface area contributed by atoms with Gasteiger partial charge in [-0.1, -0.05) is 45.0 Å².